The van der Waals surface area contributed by atoms with E-state index in [1.54, 1.807) is 34.6 Å². The summed E-state index contributed by atoms with van der Waals surface area (Å²) in [7, 11) is 0. The first-order chi connectivity index (χ1) is 12.0. The summed E-state index contributed by atoms with van der Waals surface area (Å²) in [6, 6.07) is 7.05. The van der Waals surface area contributed by atoms with Gasteiger partial charge in [-0.25, -0.2) is 9.97 Å². The van der Waals surface area contributed by atoms with Crippen molar-refractivity contribution in [2.45, 2.75) is 13.8 Å². The topological polar surface area (TPSA) is 79.0 Å². The minimum Gasteiger partial charge on any atom is -0.305 e. The SMILES string of the molecule is CCN(C(C)=O)c1nc(C=C(Cl)c2nc3ccccc3c(=O)[nH]2)cs1. The molecule has 0 spiro atoms. The molecule has 0 radical (unpaired) electrons. The number of carbonyl (C=O) groups is 1. The van der Waals surface area contributed by atoms with Gasteiger partial charge in [-0.15, -0.1) is 11.3 Å². The van der Waals surface area contributed by atoms with Crippen molar-refractivity contribution in [1.29, 1.82) is 0 Å². The van der Waals surface area contributed by atoms with Crippen LogP contribution in [0.4, 0.5) is 5.13 Å². The Morgan fingerprint density at radius 1 is 1.36 bits per heavy atom. The van der Waals surface area contributed by atoms with Crippen LogP contribution < -0.4 is 10.5 Å². The van der Waals surface area contributed by atoms with E-state index in [2.05, 4.69) is 15.0 Å². The molecule has 6 nitrogen and oxygen atoms in total. The molecule has 0 aliphatic carbocycles. The molecule has 0 bridgehead atoms. The molecule has 8 heteroatoms. The molecule has 1 N–H and O–H groups in total. The van der Waals surface area contributed by atoms with Gasteiger partial charge in [0.25, 0.3) is 5.56 Å². The average Bonchev–Trinajstić information content (AvgIpc) is 3.03. The molecule has 0 aliphatic rings. The van der Waals surface area contributed by atoms with Gasteiger partial charge in [-0.2, -0.15) is 0 Å². The number of carbonyl (C=O) groups excluding carboxylic acids is 1. The van der Waals surface area contributed by atoms with Gasteiger partial charge in [0.2, 0.25) is 5.91 Å². The van der Waals surface area contributed by atoms with Gasteiger partial charge >= 0.3 is 0 Å². The summed E-state index contributed by atoms with van der Waals surface area (Å²) < 4.78 is 0. The number of hydrogen-bond donors (Lipinski definition) is 1. The van der Waals surface area contributed by atoms with E-state index in [1.165, 1.54) is 18.3 Å². The van der Waals surface area contributed by atoms with Gasteiger partial charge in [0.15, 0.2) is 11.0 Å². The minimum absolute atomic E-state index is 0.0704. The molecule has 0 unspecified atom stereocenters. The highest BCUT2D eigenvalue weighted by molar-refractivity contribution is 7.14. The predicted octanol–water partition coefficient (Wildman–Crippen LogP) is 3.49. The number of benzene rings is 1. The van der Waals surface area contributed by atoms with Gasteiger partial charge in [-0.05, 0) is 25.1 Å². The maximum Gasteiger partial charge on any atom is 0.259 e. The largest absolute Gasteiger partial charge is 0.305 e. The Hall–Kier alpha value is -2.51. The molecule has 0 saturated heterocycles. The van der Waals surface area contributed by atoms with Crippen LogP contribution in [0.25, 0.3) is 22.0 Å². The van der Waals surface area contributed by atoms with Crippen molar-refractivity contribution >= 4 is 56.0 Å². The first kappa shape index (κ1) is 17.3. The lowest BCUT2D eigenvalue weighted by atomic mass is 10.2. The van der Waals surface area contributed by atoms with Crippen molar-refractivity contribution in [3.63, 3.8) is 0 Å². The number of aromatic amines is 1. The van der Waals surface area contributed by atoms with Crippen LogP contribution in [0.15, 0.2) is 34.4 Å². The lowest BCUT2D eigenvalue weighted by molar-refractivity contribution is -0.116. The maximum atomic E-state index is 12.1. The van der Waals surface area contributed by atoms with Gasteiger partial charge in [0.05, 0.1) is 21.6 Å². The van der Waals surface area contributed by atoms with E-state index >= 15 is 0 Å². The third-order valence-electron chi connectivity index (χ3n) is 3.55. The molecule has 3 rings (SSSR count). The van der Waals surface area contributed by atoms with Crippen molar-refractivity contribution in [3.05, 3.63) is 51.5 Å². The molecule has 0 fully saturated rings. The summed E-state index contributed by atoms with van der Waals surface area (Å²) in [5.41, 5.74) is 0.917. The Morgan fingerprint density at radius 2 is 2.12 bits per heavy atom. The van der Waals surface area contributed by atoms with Crippen molar-refractivity contribution in [2.24, 2.45) is 0 Å². The number of aromatic nitrogens is 3. The highest BCUT2D eigenvalue weighted by Gasteiger charge is 2.13. The van der Waals surface area contributed by atoms with Crippen LogP contribution >= 0.6 is 22.9 Å². The van der Waals surface area contributed by atoms with Gasteiger partial charge in [-0.1, -0.05) is 23.7 Å². The number of H-pyrrole nitrogens is 1. The molecule has 0 aliphatic heterocycles. The monoisotopic (exact) mass is 374 g/mol. The van der Waals surface area contributed by atoms with Crippen molar-refractivity contribution in [2.75, 3.05) is 11.4 Å². The smallest absolute Gasteiger partial charge is 0.259 e. The number of halogens is 1. The van der Waals surface area contributed by atoms with Crippen LogP contribution in [0.5, 0.6) is 0 Å². The Labute approximate surface area is 152 Å². The fraction of sp³-hybridized carbons (Fsp3) is 0.176. The van der Waals surface area contributed by atoms with Crippen LogP contribution in [0.1, 0.15) is 25.4 Å². The van der Waals surface area contributed by atoms with E-state index in [4.69, 9.17) is 11.6 Å². The zero-order valence-corrected chi connectivity index (χ0v) is 15.2. The lowest BCUT2D eigenvalue weighted by Gasteiger charge is -2.14. The summed E-state index contributed by atoms with van der Waals surface area (Å²) in [5.74, 6) is 0.206. The molecule has 3 aromatic rings. The highest BCUT2D eigenvalue weighted by Crippen LogP contribution is 2.25. The Bertz CT molecular complexity index is 1020. The first-order valence-corrected chi connectivity index (χ1v) is 8.85. The maximum absolute atomic E-state index is 12.1. The molecule has 2 heterocycles. The number of thiazole rings is 1. The third-order valence-corrected chi connectivity index (χ3v) is 4.72. The standard InChI is InChI=1S/C17H15ClN4O2S/c1-3-22(10(2)23)17-19-11(9-25-17)8-13(18)15-20-14-7-5-4-6-12(14)16(24)21-15/h4-9H,3H2,1-2H3,(H,20,21,24). The van der Waals surface area contributed by atoms with Gasteiger partial charge in [0, 0.05) is 18.8 Å². The molecular formula is C17H15ClN4O2S. The Balaban J connectivity index is 1.96. The fourth-order valence-corrected chi connectivity index (χ4v) is 3.45. The quantitative estimate of drug-likeness (QED) is 0.758. The first-order valence-electron chi connectivity index (χ1n) is 7.60. The average molecular weight is 375 g/mol. The lowest BCUT2D eigenvalue weighted by Crippen LogP contribution is -2.27. The Morgan fingerprint density at radius 3 is 2.84 bits per heavy atom. The molecule has 1 aromatic carbocycles. The number of nitrogens with zero attached hydrogens (tertiary/aromatic N) is 3. The van der Waals surface area contributed by atoms with E-state index in [1.807, 2.05) is 13.0 Å². The van der Waals surface area contributed by atoms with Crippen molar-refractivity contribution in [1.82, 2.24) is 15.0 Å². The molecule has 2 aromatic heterocycles. The van der Waals surface area contributed by atoms with Crippen LogP contribution in [0.3, 0.4) is 0 Å². The third kappa shape index (κ3) is 3.62. The van der Waals surface area contributed by atoms with E-state index in [-0.39, 0.29) is 22.3 Å². The number of amides is 1. The Kier molecular flexibility index (Phi) is 4.96. The normalized spacial score (nSPS) is 11.7. The van der Waals surface area contributed by atoms with Crippen LogP contribution in [0.2, 0.25) is 0 Å². The summed E-state index contributed by atoms with van der Waals surface area (Å²) in [6.45, 7) is 3.92. The van der Waals surface area contributed by atoms with Crippen molar-refractivity contribution < 1.29 is 4.79 Å². The van der Waals surface area contributed by atoms with E-state index < -0.39 is 0 Å². The van der Waals surface area contributed by atoms with Crippen molar-refractivity contribution in [3.8, 4) is 0 Å². The second-order valence-corrected chi connectivity index (χ2v) is 6.49. The van der Waals surface area contributed by atoms with Crippen LogP contribution in [-0.2, 0) is 4.79 Å². The zero-order valence-electron chi connectivity index (χ0n) is 13.6. The minimum atomic E-state index is -0.250. The number of hydrogen-bond acceptors (Lipinski definition) is 5. The molecule has 25 heavy (non-hydrogen) atoms. The van der Waals surface area contributed by atoms with Gasteiger partial charge in [-0.3, -0.25) is 14.5 Å². The zero-order chi connectivity index (χ0) is 18.0. The molecule has 0 saturated carbocycles. The summed E-state index contributed by atoms with van der Waals surface area (Å²) >= 11 is 7.66. The number of para-hydroxylation sites is 1. The molecule has 0 atom stereocenters. The van der Waals surface area contributed by atoms with Crippen LogP contribution in [-0.4, -0.2) is 27.4 Å². The molecular weight excluding hydrogens is 360 g/mol. The number of anilines is 1. The van der Waals surface area contributed by atoms with Crippen LogP contribution in [0, 0.1) is 0 Å². The van der Waals surface area contributed by atoms with E-state index in [0.29, 0.717) is 28.3 Å². The summed E-state index contributed by atoms with van der Waals surface area (Å²) in [4.78, 5) is 36.7. The second kappa shape index (κ2) is 7.16. The summed E-state index contributed by atoms with van der Waals surface area (Å²) in [6.07, 6.45) is 1.61. The van der Waals surface area contributed by atoms with Gasteiger partial charge in [0.1, 0.15) is 0 Å². The predicted molar refractivity (Wildman–Crippen MR) is 102 cm³/mol. The number of nitrogens with one attached hydrogen (secondary N) is 1. The number of rotatable bonds is 4. The highest BCUT2D eigenvalue weighted by atomic mass is 35.5. The van der Waals surface area contributed by atoms with E-state index in [0.717, 1.165) is 0 Å². The number of fused-ring (bicyclic) bond motifs is 1. The second-order valence-electron chi connectivity index (χ2n) is 5.24. The fourth-order valence-electron chi connectivity index (χ4n) is 2.36. The van der Waals surface area contributed by atoms with Gasteiger partial charge < -0.3 is 4.98 Å². The molecule has 128 valence electrons. The van der Waals surface area contributed by atoms with E-state index in [9.17, 15) is 9.59 Å². The molecule has 1 amide bonds. The summed E-state index contributed by atoms with van der Waals surface area (Å²) in [5, 5.41) is 3.17.